The van der Waals surface area contributed by atoms with Gasteiger partial charge in [0.25, 0.3) is 0 Å². The van der Waals surface area contributed by atoms with E-state index >= 15 is 0 Å². The van der Waals surface area contributed by atoms with Gasteiger partial charge >= 0.3 is 0 Å². The number of fused-ring (bicyclic) bond motifs is 4. The summed E-state index contributed by atoms with van der Waals surface area (Å²) in [6.07, 6.45) is 0. The SMILES string of the molecule is c1ccc(-c2ccc(-c3nc(-c4cccc5cc(-c6ccccc6)ccc45)nc(-c4cccc5oc6c(-c7ccc(-c8ccccc8)cc7)cccc6c45)n3)cc2)cc1. The highest BCUT2D eigenvalue weighted by molar-refractivity contribution is 6.15. The number of benzene rings is 9. The van der Waals surface area contributed by atoms with Gasteiger partial charge in [-0.05, 0) is 61.8 Å². The number of furan rings is 1. The van der Waals surface area contributed by atoms with Crippen LogP contribution in [0.5, 0.6) is 0 Å². The minimum atomic E-state index is 0.584. The van der Waals surface area contributed by atoms with E-state index in [2.05, 4.69) is 182 Å². The topological polar surface area (TPSA) is 51.8 Å². The van der Waals surface area contributed by atoms with Gasteiger partial charge in [0.2, 0.25) is 0 Å². The molecule has 0 aliphatic heterocycles. The van der Waals surface area contributed by atoms with Crippen LogP contribution in [-0.4, -0.2) is 15.0 Å². The third-order valence-corrected chi connectivity index (χ3v) is 11.2. The van der Waals surface area contributed by atoms with Crippen molar-refractivity contribution in [3.8, 4) is 78.7 Å². The van der Waals surface area contributed by atoms with Gasteiger partial charge in [-0.15, -0.1) is 0 Å². The number of nitrogens with zero attached hydrogens (tertiary/aromatic N) is 3. The molecule has 0 N–H and O–H groups in total. The van der Waals surface area contributed by atoms with E-state index in [4.69, 9.17) is 19.4 Å². The molecule has 11 aromatic rings. The van der Waals surface area contributed by atoms with Crippen LogP contribution in [0.25, 0.3) is 111 Å². The summed E-state index contributed by atoms with van der Waals surface area (Å²) < 4.78 is 6.73. The van der Waals surface area contributed by atoms with Crippen LogP contribution in [0.2, 0.25) is 0 Å². The third kappa shape index (κ3) is 6.34. The van der Waals surface area contributed by atoms with Gasteiger partial charge in [-0.1, -0.05) is 200 Å². The number of aromatic nitrogens is 3. The zero-order valence-electron chi connectivity index (χ0n) is 32.0. The molecule has 2 aromatic heterocycles. The summed E-state index contributed by atoms with van der Waals surface area (Å²) in [6, 6.07) is 74.0. The second kappa shape index (κ2) is 14.5. The van der Waals surface area contributed by atoms with E-state index in [0.29, 0.717) is 17.5 Å². The highest BCUT2D eigenvalue weighted by Crippen LogP contribution is 2.41. The van der Waals surface area contributed by atoms with Crippen LogP contribution in [0, 0.1) is 0 Å². The Labute approximate surface area is 341 Å². The molecule has 0 radical (unpaired) electrons. The molecular formula is C55H35N3O. The molecule has 9 aromatic carbocycles. The molecule has 11 rings (SSSR count). The van der Waals surface area contributed by atoms with Crippen LogP contribution in [0.15, 0.2) is 217 Å². The van der Waals surface area contributed by atoms with Gasteiger partial charge in [-0.3, -0.25) is 0 Å². The molecule has 4 heteroatoms. The summed E-state index contributed by atoms with van der Waals surface area (Å²) in [7, 11) is 0. The van der Waals surface area contributed by atoms with Crippen LogP contribution in [0.1, 0.15) is 0 Å². The van der Waals surface area contributed by atoms with Crippen molar-refractivity contribution in [2.75, 3.05) is 0 Å². The molecule has 0 aliphatic rings. The van der Waals surface area contributed by atoms with Gasteiger partial charge in [0.1, 0.15) is 11.2 Å². The first-order chi connectivity index (χ1) is 29.2. The van der Waals surface area contributed by atoms with Crippen molar-refractivity contribution < 1.29 is 4.42 Å². The number of hydrogen-bond acceptors (Lipinski definition) is 4. The molecule has 0 unspecified atom stereocenters. The maximum atomic E-state index is 6.73. The Hall–Kier alpha value is -7.95. The molecule has 276 valence electrons. The van der Waals surface area contributed by atoms with E-state index < -0.39 is 0 Å². The van der Waals surface area contributed by atoms with Gasteiger partial charge < -0.3 is 4.42 Å². The molecule has 0 aliphatic carbocycles. The second-order valence-corrected chi connectivity index (χ2v) is 14.8. The van der Waals surface area contributed by atoms with Crippen molar-refractivity contribution >= 4 is 32.7 Å². The lowest BCUT2D eigenvalue weighted by molar-refractivity contribution is 0.670. The van der Waals surface area contributed by atoms with Crippen molar-refractivity contribution in [2.24, 2.45) is 0 Å². The van der Waals surface area contributed by atoms with Crippen molar-refractivity contribution in [1.82, 2.24) is 15.0 Å². The zero-order chi connectivity index (χ0) is 39.1. The fourth-order valence-electron chi connectivity index (χ4n) is 8.21. The third-order valence-electron chi connectivity index (χ3n) is 11.2. The fourth-order valence-corrected chi connectivity index (χ4v) is 8.21. The molecule has 0 spiro atoms. The molecule has 4 nitrogen and oxygen atoms in total. The number of rotatable bonds is 7. The van der Waals surface area contributed by atoms with E-state index in [1.165, 1.54) is 16.7 Å². The van der Waals surface area contributed by atoms with Gasteiger partial charge in [0.05, 0.1) is 0 Å². The molecule has 0 bridgehead atoms. The summed E-state index contributed by atoms with van der Waals surface area (Å²) >= 11 is 0. The maximum Gasteiger partial charge on any atom is 0.164 e. The first kappa shape index (κ1) is 34.3. The first-order valence-electron chi connectivity index (χ1n) is 19.8. The van der Waals surface area contributed by atoms with E-state index in [0.717, 1.165) is 77.2 Å². The van der Waals surface area contributed by atoms with E-state index in [1.807, 2.05) is 30.3 Å². The molecule has 0 saturated heterocycles. The summed E-state index contributed by atoms with van der Waals surface area (Å²) in [5.74, 6) is 1.80. The van der Waals surface area contributed by atoms with Crippen LogP contribution in [0.4, 0.5) is 0 Å². The summed E-state index contributed by atoms with van der Waals surface area (Å²) in [5, 5.41) is 4.17. The lowest BCUT2D eigenvalue weighted by atomic mass is 9.97. The Balaban J connectivity index is 1.07. The average Bonchev–Trinajstić information content (AvgIpc) is 3.71. The summed E-state index contributed by atoms with van der Waals surface area (Å²) in [5.41, 5.74) is 13.5. The molecule has 59 heavy (non-hydrogen) atoms. The Morgan fingerprint density at radius 3 is 1.42 bits per heavy atom. The van der Waals surface area contributed by atoms with Gasteiger partial charge in [-0.25, -0.2) is 15.0 Å². The smallest absolute Gasteiger partial charge is 0.164 e. The summed E-state index contributed by atoms with van der Waals surface area (Å²) in [4.78, 5) is 15.7. The minimum Gasteiger partial charge on any atom is -0.455 e. The lowest BCUT2D eigenvalue weighted by Gasteiger charge is -2.12. The van der Waals surface area contributed by atoms with E-state index in [9.17, 15) is 0 Å². The van der Waals surface area contributed by atoms with Gasteiger partial charge in [0, 0.05) is 33.0 Å². The second-order valence-electron chi connectivity index (χ2n) is 14.8. The Bertz CT molecular complexity index is 3280. The predicted molar refractivity (Wildman–Crippen MR) is 243 cm³/mol. The molecule has 2 heterocycles. The summed E-state index contributed by atoms with van der Waals surface area (Å²) in [6.45, 7) is 0. The van der Waals surface area contributed by atoms with Gasteiger partial charge in [-0.2, -0.15) is 0 Å². The zero-order valence-corrected chi connectivity index (χ0v) is 32.0. The molecule has 0 atom stereocenters. The predicted octanol–water partition coefficient (Wildman–Crippen LogP) is 14.6. The van der Waals surface area contributed by atoms with E-state index in [1.54, 1.807) is 0 Å². The molecule has 0 saturated carbocycles. The van der Waals surface area contributed by atoms with Crippen LogP contribution >= 0.6 is 0 Å². The van der Waals surface area contributed by atoms with Crippen molar-refractivity contribution in [2.45, 2.75) is 0 Å². The Morgan fingerprint density at radius 1 is 0.288 bits per heavy atom. The average molecular weight is 754 g/mol. The Morgan fingerprint density at radius 2 is 0.763 bits per heavy atom. The first-order valence-corrected chi connectivity index (χ1v) is 19.8. The van der Waals surface area contributed by atoms with E-state index in [-0.39, 0.29) is 0 Å². The van der Waals surface area contributed by atoms with Gasteiger partial charge in [0.15, 0.2) is 17.5 Å². The van der Waals surface area contributed by atoms with Crippen LogP contribution < -0.4 is 0 Å². The quantitative estimate of drug-likeness (QED) is 0.163. The molecule has 0 fully saturated rings. The fraction of sp³-hybridized carbons (Fsp3) is 0. The normalized spacial score (nSPS) is 11.4. The highest BCUT2D eigenvalue weighted by atomic mass is 16.3. The van der Waals surface area contributed by atoms with Crippen molar-refractivity contribution in [1.29, 1.82) is 0 Å². The van der Waals surface area contributed by atoms with Crippen LogP contribution in [0.3, 0.4) is 0 Å². The van der Waals surface area contributed by atoms with Crippen LogP contribution in [-0.2, 0) is 0 Å². The lowest BCUT2D eigenvalue weighted by Crippen LogP contribution is -2.01. The molecule has 0 amide bonds. The monoisotopic (exact) mass is 753 g/mol. The number of hydrogen-bond donors (Lipinski definition) is 0. The largest absolute Gasteiger partial charge is 0.455 e. The maximum absolute atomic E-state index is 6.73. The highest BCUT2D eigenvalue weighted by Gasteiger charge is 2.20. The molecular weight excluding hydrogens is 719 g/mol. The van der Waals surface area contributed by atoms with Crippen molar-refractivity contribution in [3.05, 3.63) is 212 Å². The minimum absolute atomic E-state index is 0.584. The van der Waals surface area contributed by atoms with Crippen molar-refractivity contribution in [3.63, 3.8) is 0 Å². The standard InChI is InChI=1S/C55H35N3O/c1-4-13-36(14-5-1)39-25-29-41(30-26-39)46-20-11-22-48-51-49(23-12-24-50(51)59-52(46)48)55-57-53(42-31-27-40(28-32-42)37-15-6-2-7-16-37)56-54(58-55)47-21-10-19-44-35-43(33-34-45(44)47)38-17-8-3-9-18-38/h1-35H. The number of para-hydroxylation sites is 1. The Kier molecular flexibility index (Phi) is 8.45.